The van der Waals surface area contributed by atoms with Gasteiger partial charge in [-0.2, -0.15) is 8.78 Å². The van der Waals surface area contributed by atoms with Gasteiger partial charge in [-0.25, -0.2) is 4.99 Å². The molecule has 0 heterocycles. The fourth-order valence-electron chi connectivity index (χ4n) is 2.58. The minimum absolute atomic E-state index is 0.0346. The first-order chi connectivity index (χ1) is 12.7. The van der Waals surface area contributed by atoms with E-state index in [1.54, 1.807) is 50.2 Å². The molecule has 2 N–H and O–H groups in total. The van der Waals surface area contributed by atoms with Gasteiger partial charge in [-0.05, 0) is 47.9 Å². The standard InChI is InChI=1S/C19H20BrF2N3O2/c1-12-9-14(7-8-16(12)27-17(21)22)19(11-26,24-18(23)25(2)3)13-5-4-6-15(20)10-13/h4-11,17H,1-3H3,(H2,23,24). The van der Waals surface area contributed by atoms with Crippen molar-refractivity contribution in [2.45, 2.75) is 19.1 Å². The Kier molecular flexibility index (Phi) is 6.54. The highest BCUT2D eigenvalue weighted by Crippen LogP contribution is 2.36. The lowest BCUT2D eigenvalue weighted by molar-refractivity contribution is -0.111. The number of carbonyl (C=O) groups excluding carboxylic acids is 1. The van der Waals surface area contributed by atoms with Crippen LogP contribution in [-0.4, -0.2) is 37.9 Å². The molecule has 0 bridgehead atoms. The number of hydrogen-bond donors (Lipinski definition) is 1. The summed E-state index contributed by atoms with van der Waals surface area (Å²) >= 11 is 3.40. The van der Waals surface area contributed by atoms with Crippen LogP contribution in [0.5, 0.6) is 5.75 Å². The molecule has 5 nitrogen and oxygen atoms in total. The molecule has 1 atom stereocenters. The number of benzene rings is 2. The lowest BCUT2D eigenvalue weighted by Crippen LogP contribution is -2.37. The largest absolute Gasteiger partial charge is 0.435 e. The third-order valence-corrected chi connectivity index (χ3v) is 4.51. The van der Waals surface area contributed by atoms with E-state index in [1.165, 1.54) is 12.1 Å². The first-order valence-electron chi connectivity index (χ1n) is 8.00. The fourth-order valence-corrected chi connectivity index (χ4v) is 2.98. The van der Waals surface area contributed by atoms with Crippen molar-refractivity contribution in [1.29, 1.82) is 0 Å². The quantitative estimate of drug-likeness (QED) is 0.423. The van der Waals surface area contributed by atoms with Crippen LogP contribution in [-0.2, 0) is 10.3 Å². The minimum atomic E-state index is -2.93. The van der Waals surface area contributed by atoms with E-state index in [-0.39, 0.29) is 11.7 Å². The predicted octanol–water partition coefficient (Wildman–Crippen LogP) is 3.68. The predicted molar refractivity (Wildman–Crippen MR) is 104 cm³/mol. The second-order valence-corrected chi connectivity index (χ2v) is 7.03. The Morgan fingerprint density at radius 2 is 1.93 bits per heavy atom. The average Bonchev–Trinajstić information content (AvgIpc) is 2.60. The first-order valence-corrected chi connectivity index (χ1v) is 8.80. The Morgan fingerprint density at radius 3 is 2.44 bits per heavy atom. The number of nitrogens with zero attached hydrogens (tertiary/aromatic N) is 2. The molecule has 0 saturated heterocycles. The summed E-state index contributed by atoms with van der Waals surface area (Å²) < 4.78 is 30.3. The summed E-state index contributed by atoms with van der Waals surface area (Å²) in [6, 6.07) is 11.6. The van der Waals surface area contributed by atoms with Gasteiger partial charge in [-0.15, -0.1) is 0 Å². The molecule has 27 heavy (non-hydrogen) atoms. The molecule has 144 valence electrons. The molecule has 0 aliphatic carbocycles. The highest BCUT2D eigenvalue weighted by Gasteiger charge is 2.35. The maximum atomic E-state index is 12.5. The van der Waals surface area contributed by atoms with Gasteiger partial charge in [-0.3, -0.25) is 4.79 Å². The van der Waals surface area contributed by atoms with Crippen molar-refractivity contribution in [3.05, 3.63) is 63.6 Å². The summed E-state index contributed by atoms with van der Waals surface area (Å²) in [5.41, 5.74) is 6.09. The van der Waals surface area contributed by atoms with Gasteiger partial charge in [0.05, 0.1) is 0 Å². The van der Waals surface area contributed by atoms with Crippen molar-refractivity contribution >= 4 is 28.2 Å². The Morgan fingerprint density at radius 1 is 1.26 bits per heavy atom. The van der Waals surface area contributed by atoms with Gasteiger partial charge in [0.15, 0.2) is 17.8 Å². The Balaban J connectivity index is 2.71. The van der Waals surface area contributed by atoms with Crippen LogP contribution in [0.1, 0.15) is 16.7 Å². The van der Waals surface area contributed by atoms with Crippen LogP contribution in [0.2, 0.25) is 0 Å². The second kappa shape index (κ2) is 8.47. The van der Waals surface area contributed by atoms with Crippen LogP contribution in [0.4, 0.5) is 8.78 Å². The molecule has 2 aromatic carbocycles. The smallest absolute Gasteiger partial charge is 0.387 e. The third kappa shape index (κ3) is 4.63. The van der Waals surface area contributed by atoms with Gasteiger partial charge in [0.25, 0.3) is 0 Å². The highest BCUT2D eigenvalue weighted by molar-refractivity contribution is 9.10. The number of aryl methyl sites for hydroxylation is 1. The van der Waals surface area contributed by atoms with Crippen molar-refractivity contribution in [2.24, 2.45) is 10.7 Å². The van der Waals surface area contributed by atoms with Gasteiger partial charge >= 0.3 is 6.61 Å². The van der Waals surface area contributed by atoms with Crippen LogP contribution >= 0.6 is 15.9 Å². The number of aliphatic imine (C=N–C) groups is 1. The molecular weight excluding hydrogens is 420 g/mol. The molecule has 0 aliphatic rings. The van der Waals surface area contributed by atoms with Crippen LogP contribution in [0, 0.1) is 6.92 Å². The molecule has 0 amide bonds. The summed E-state index contributed by atoms with van der Waals surface area (Å²) in [6.07, 6.45) is 0.688. The summed E-state index contributed by atoms with van der Waals surface area (Å²) in [6.45, 7) is -1.31. The van der Waals surface area contributed by atoms with E-state index in [9.17, 15) is 13.6 Å². The van der Waals surface area contributed by atoms with Crippen molar-refractivity contribution in [2.75, 3.05) is 14.1 Å². The zero-order valence-corrected chi connectivity index (χ0v) is 16.7. The second-order valence-electron chi connectivity index (χ2n) is 6.12. The van der Waals surface area contributed by atoms with Gasteiger partial charge in [0.2, 0.25) is 0 Å². The number of ether oxygens (including phenoxy) is 1. The molecule has 2 rings (SSSR count). The van der Waals surface area contributed by atoms with Gasteiger partial charge in [0, 0.05) is 18.6 Å². The van der Waals surface area contributed by atoms with Gasteiger partial charge in [-0.1, -0.05) is 34.1 Å². The van der Waals surface area contributed by atoms with E-state index in [0.29, 0.717) is 23.0 Å². The SMILES string of the molecule is Cc1cc(C(C=O)(N=C(N)N(C)C)c2cccc(Br)c2)ccc1OC(F)F. The zero-order valence-electron chi connectivity index (χ0n) is 15.1. The summed E-state index contributed by atoms with van der Waals surface area (Å²) in [5.74, 6) is 0.181. The topological polar surface area (TPSA) is 67.9 Å². The number of guanidine groups is 1. The van der Waals surface area contributed by atoms with E-state index in [4.69, 9.17) is 5.73 Å². The number of alkyl halides is 2. The van der Waals surface area contributed by atoms with Crippen LogP contribution in [0.25, 0.3) is 0 Å². The number of carbonyl (C=O) groups is 1. The summed E-state index contributed by atoms with van der Waals surface area (Å²) in [4.78, 5) is 18.4. The van der Waals surface area contributed by atoms with Crippen LogP contribution in [0.15, 0.2) is 51.9 Å². The molecule has 0 aliphatic heterocycles. The molecule has 2 aromatic rings. The molecule has 0 spiro atoms. The van der Waals surface area contributed by atoms with Crippen LogP contribution < -0.4 is 10.5 Å². The van der Waals surface area contributed by atoms with E-state index in [0.717, 1.165) is 4.47 Å². The lowest BCUT2D eigenvalue weighted by Gasteiger charge is -2.28. The molecule has 0 saturated carbocycles. The Labute approximate surface area is 165 Å². The van der Waals surface area contributed by atoms with Crippen molar-refractivity contribution in [1.82, 2.24) is 4.90 Å². The van der Waals surface area contributed by atoms with E-state index < -0.39 is 12.2 Å². The number of halogens is 3. The van der Waals surface area contributed by atoms with Crippen LogP contribution in [0.3, 0.4) is 0 Å². The fraction of sp³-hybridized carbons (Fsp3) is 0.263. The third-order valence-electron chi connectivity index (χ3n) is 4.02. The summed E-state index contributed by atoms with van der Waals surface area (Å²) in [5, 5.41) is 0. The number of rotatable bonds is 6. The zero-order chi connectivity index (χ0) is 20.2. The van der Waals surface area contributed by atoms with Gasteiger partial charge < -0.3 is 15.4 Å². The maximum Gasteiger partial charge on any atom is 0.387 e. The molecular formula is C19H20BrF2N3O2. The number of aldehydes is 1. The van der Waals surface area contributed by atoms with Crippen molar-refractivity contribution in [3.63, 3.8) is 0 Å². The monoisotopic (exact) mass is 439 g/mol. The molecule has 0 aromatic heterocycles. The number of hydrogen-bond acceptors (Lipinski definition) is 3. The highest BCUT2D eigenvalue weighted by atomic mass is 79.9. The maximum absolute atomic E-state index is 12.5. The normalized spacial score (nSPS) is 14.0. The van der Waals surface area contributed by atoms with E-state index in [1.807, 2.05) is 6.07 Å². The van der Waals surface area contributed by atoms with E-state index >= 15 is 0 Å². The Bertz CT molecular complexity index is 859. The molecule has 0 radical (unpaired) electrons. The van der Waals surface area contributed by atoms with Gasteiger partial charge in [0.1, 0.15) is 5.75 Å². The average molecular weight is 440 g/mol. The molecule has 1 unspecified atom stereocenters. The number of nitrogens with two attached hydrogens (primary N) is 1. The minimum Gasteiger partial charge on any atom is -0.435 e. The summed E-state index contributed by atoms with van der Waals surface area (Å²) in [7, 11) is 3.42. The molecule has 0 fully saturated rings. The van der Waals surface area contributed by atoms with Crippen molar-refractivity contribution in [3.8, 4) is 5.75 Å². The van der Waals surface area contributed by atoms with Crippen molar-refractivity contribution < 1.29 is 18.3 Å². The molecule has 8 heteroatoms. The lowest BCUT2D eigenvalue weighted by atomic mass is 9.84. The first kappa shape index (κ1) is 20.8. The Hall–Kier alpha value is -2.48. The van der Waals surface area contributed by atoms with E-state index in [2.05, 4.69) is 25.7 Å².